The Kier molecular flexibility index (Phi) is 8.99. The Morgan fingerprint density at radius 3 is 2.56 bits per heavy atom. The zero-order valence-electron chi connectivity index (χ0n) is 15.4. The number of imidazole rings is 1. The molecule has 1 fully saturated rings. The largest absolute Gasteiger partial charge is 0.382 e. The number of nitrogens with one attached hydrogen (secondary N) is 1. The van der Waals surface area contributed by atoms with Crippen LogP contribution in [0.15, 0.2) is 24.4 Å². The second-order valence-corrected chi connectivity index (χ2v) is 7.26. The summed E-state index contributed by atoms with van der Waals surface area (Å²) in [5, 5.41) is 14.5. The minimum absolute atomic E-state index is 0. The molecule has 1 aliphatic heterocycles. The second-order valence-electron chi connectivity index (χ2n) is 6.86. The molecule has 0 spiro atoms. The lowest BCUT2D eigenvalue weighted by Gasteiger charge is -2.32. The van der Waals surface area contributed by atoms with E-state index in [0.29, 0.717) is 24.4 Å². The minimum Gasteiger partial charge on any atom is -0.382 e. The number of hydrogen-bond acceptors (Lipinski definition) is 4. The first-order chi connectivity index (χ1) is 11.9. The SMILES string of the molecule is CN(C)CCn1cc(-c2ccc(F)c(Cl)c2)nc1C1(O)CCNCC1.Cl.Cl. The van der Waals surface area contributed by atoms with Gasteiger partial charge in [0.1, 0.15) is 17.2 Å². The van der Waals surface area contributed by atoms with E-state index < -0.39 is 11.4 Å². The van der Waals surface area contributed by atoms with Gasteiger partial charge in [-0.3, -0.25) is 0 Å². The van der Waals surface area contributed by atoms with Crippen molar-refractivity contribution in [3.05, 3.63) is 41.1 Å². The third-order valence-electron chi connectivity index (χ3n) is 4.63. The van der Waals surface area contributed by atoms with Crippen LogP contribution < -0.4 is 5.32 Å². The molecule has 2 heterocycles. The van der Waals surface area contributed by atoms with Crippen molar-refractivity contribution >= 4 is 36.4 Å². The average Bonchev–Trinajstić information content (AvgIpc) is 3.01. The summed E-state index contributed by atoms with van der Waals surface area (Å²) in [6.07, 6.45) is 3.16. The molecule has 2 aromatic rings. The standard InChI is InChI=1S/C18H24ClFN4O.2ClH/c1-23(2)9-10-24-12-16(13-3-4-15(20)14(19)11-13)22-17(24)18(25)5-7-21-8-6-18;;/h3-4,11-12,21,25H,5-10H2,1-2H3;2*1H. The Morgan fingerprint density at radius 2 is 1.96 bits per heavy atom. The molecule has 0 atom stereocenters. The van der Waals surface area contributed by atoms with E-state index in [9.17, 15) is 9.50 Å². The molecule has 0 unspecified atom stereocenters. The fraction of sp³-hybridized carbons (Fsp3) is 0.500. The third-order valence-corrected chi connectivity index (χ3v) is 4.92. The zero-order valence-corrected chi connectivity index (χ0v) is 17.8. The molecule has 0 radical (unpaired) electrons. The van der Waals surface area contributed by atoms with Crippen LogP contribution >= 0.6 is 36.4 Å². The van der Waals surface area contributed by atoms with Crippen LogP contribution in [0.2, 0.25) is 5.02 Å². The summed E-state index contributed by atoms with van der Waals surface area (Å²) in [5.41, 5.74) is 0.496. The number of nitrogens with zero attached hydrogens (tertiary/aromatic N) is 3. The number of halogens is 4. The fourth-order valence-corrected chi connectivity index (χ4v) is 3.30. The number of aliphatic hydroxyl groups is 1. The predicted molar refractivity (Wildman–Crippen MR) is 112 cm³/mol. The van der Waals surface area contributed by atoms with Gasteiger partial charge < -0.3 is 19.9 Å². The summed E-state index contributed by atoms with van der Waals surface area (Å²) in [4.78, 5) is 6.80. The molecule has 27 heavy (non-hydrogen) atoms. The lowest BCUT2D eigenvalue weighted by molar-refractivity contribution is -0.00577. The van der Waals surface area contributed by atoms with Gasteiger partial charge in [0.25, 0.3) is 0 Å². The molecule has 5 nitrogen and oxygen atoms in total. The topological polar surface area (TPSA) is 53.3 Å². The van der Waals surface area contributed by atoms with E-state index in [1.165, 1.54) is 6.07 Å². The zero-order chi connectivity index (χ0) is 18.0. The normalized spacial score (nSPS) is 15.9. The Bertz CT molecular complexity index is 748. The second kappa shape index (κ2) is 10.0. The number of aromatic nitrogens is 2. The molecule has 3 rings (SSSR count). The Hall–Kier alpha value is -0.890. The molecular formula is C18H26Cl3FN4O. The highest BCUT2D eigenvalue weighted by molar-refractivity contribution is 6.31. The number of hydrogen-bond donors (Lipinski definition) is 2. The summed E-state index contributed by atoms with van der Waals surface area (Å²) in [6.45, 7) is 3.07. The summed E-state index contributed by atoms with van der Waals surface area (Å²) in [7, 11) is 4.02. The van der Waals surface area contributed by atoms with Gasteiger partial charge in [-0.1, -0.05) is 11.6 Å². The monoisotopic (exact) mass is 438 g/mol. The molecule has 9 heteroatoms. The van der Waals surface area contributed by atoms with Crippen molar-refractivity contribution in [2.75, 3.05) is 33.7 Å². The highest BCUT2D eigenvalue weighted by atomic mass is 35.5. The summed E-state index contributed by atoms with van der Waals surface area (Å²) in [6, 6.07) is 4.58. The lowest BCUT2D eigenvalue weighted by Crippen LogP contribution is -2.41. The van der Waals surface area contributed by atoms with Crippen LogP contribution in [0, 0.1) is 5.82 Å². The van der Waals surface area contributed by atoms with E-state index >= 15 is 0 Å². The predicted octanol–water partition coefficient (Wildman–Crippen LogP) is 3.32. The van der Waals surface area contributed by atoms with E-state index in [2.05, 4.69) is 10.2 Å². The number of piperidine rings is 1. The van der Waals surface area contributed by atoms with Crippen molar-refractivity contribution in [1.29, 1.82) is 0 Å². The van der Waals surface area contributed by atoms with Crippen molar-refractivity contribution < 1.29 is 9.50 Å². The average molecular weight is 440 g/mol. The van der Waals surface area contributed by atoms with Crippen LogP contribution in [0.1, 0.15) is 18.7 Å². The van der Waals surface area contributed by atoms with Gasteiger partial charge in [0.05, 0.1) is 10.7 Å². The van der Waals surface area contributed by atoms with Crippen molar-refractivity contribution in [3.8, 4) is 11.3 Å². The van der Waals surface area contributed by atoms with Crippen LogP contribution in [0.25, 0.3) is 11.3 Å². The first kappa shape index (κ1) is 24.1. The van der Waals surface area contributed by atoms with Crippen molar-refractivity contribution in [1.82, 2.24) is 19.8 Å². The van der Waals surface area contributed by atoms with E-state index in [0.717, 1.165) is 31.7 Å². The van der Waals surface area contributed by atoms with Gasteiger partial charge in [-0.25, -0.2) is 9.37 Å². The van der Waals surface area contributed by atoms with Crippen molar-refractivity contribution in [3.63, 3.8) is 0 Å². The maximum atomic E-state index is 13.5. The van der Waals surface area contributed by atoms with Gasteiger partial charge >= 0.3 is 0 Å². The molecule has 0 bridgehead atoms. The van der Waals surface area contributed by atoms with E-state index in [1.807, 2.05) is 24.9 Å². The smallest absolute Gasteiger partial charge is 0.141 e. The molecule has 1 aliphatic rings. The third kappa shape index (κ3) is 5.56. The van der Waals surface area contributed by atoms with E-state index in [4.69, 9.17) is 16.6 Å². The Balaban J connectivity index is 0.00000182. The van der Waals surface area contributed by atoms with Crippen LogP contribution in [0.5, 0.6) is 0 Å². The lowest BCUT2D eigenvalue weighted by atomic mass is 9.91. The minimum atomic E-state index is -0.945. The van der Waals surface area contributed by atoms with Crippen molar-refractivity contribution in [2.24, 2.45) is 0 Å². The molecule has 0 saturated carbocycles. The maximum Gasteiger partial charge on any atom is 0.141 e. The highest BCUT2D eigenvalue weighted by Crippen LogP contribution is 2.33. The molecular weight excluding hydrogens is 414 g/mol. The molecule has 152 valence electrons. The summed E-state index contributed by atoms with van der Waals surface area (Å²) in [5.74, 6) is 0.223. The number of rotatable bonds is 5. The first-order valence-electron chi connectivity index (χ1n) is 8.50. The molecule has 1 aromatic heterocycles. The Morgan fingerprint density at radius 1 is 1.30 bits per heavy atom. The maximum absolute atomic E-state index is 13.5. The van der Waals surface area contributed by atoms with E-state index in [-0.39, 0.29) is 29.8 Å². The van der Waals surface area contributed by atoms with Crippen molar-refractivity contribution in [2.45, 2.75) is 25.0 Å². The van der Waals surface area contributed by atoms with Crippen LogP contribution in [-0.2, 0) is 12.1 Å². The molecule has 0 aliphatic carbocycles. The Labute approximate surface area is 176 Å². The van der Waals surface area contributed by atoms with Gasteiger partial charge in [0.2, 0.25) is 0 Å². The molecule has 0 amide bonds. The van der Waals surface area contributed by atoms with Crippen LogP contribution in [-0.4, -0.2) is 53.3 Å². The quantitative estimate of drug-likeness (QED) is 0.750. The number of likely N-dealkylation sites (N-methyl/N-ethyl adjacent to an activating group) is 1. The van der Waals surface area contributed by atoms with Gasteiger partial charge in [0, 0.05) is 24.8 Å². The van der Waals surface area contributed by atoms with E-state index in [1.54, 1.807) is 12.1 Å². The summed E-state index contributed by atoms with van der Waals surface area (Å²) >= 11 is 5.92. The summed E-state index contributed by atoms with van der Waals surface area (Å²) < 4.78 is 15.5. The highest BCUT2D eigenvalue weighted by Gasteiger charge is 2.36. The van der Waals surface area contributed by atoms with Gasteiger partial charge in [0.15, 0.2) is 0 Å². The molecule has 2 N–H and O–H groups in total. The van der Waals surface area contributed by atoms with Gasteiger partial charge in [-0.15, -0.1) is 24.8 Å². The number of benzene rings is 1. The van der Waals surface area contributed by atoms with Crippen LogP contribution in [0.3, 0.4) is 0 Å². The van der Waals surface area contributed by atoms with Gasteiger partial charge in [-0.05, 0) is 58.2 Å². The first-order valence-corrected chi connectivity index (χ1v) is 8.88. The van der Waals surface area contributed by atoms with Crippen LogP contribution in [0.4, 0.5) is 4.39 Å². The van der Waals surface area contributed by atoms with Gasteiger partial charge in [-0.2, -0.15) is 0 Å². The molecule has 1 saturated heterocycles. The fourth-order valence-electron chi connectivity index (χ4n) is 3.12. The molecule has 1 aromatic carbocycles.